The number of nitrogens with one attached hydrogen (secondary N) is 1. The molecule has 0 heterocycles. The van der Waals surface area contributed by atoms with E-state index in [1.165, 1.54) is 31.2 Å². The molecule has 0 bridgehead atoms. The Morgan fingerprint density at radius 1 is 1.17 bits per heavy atom. The third-order valence-corrected chi connectivity index (χ3v) is 6.01. The van der Waals surface area contributed by atoms with Gasteiger partial charge in [0.05, 0.1) is 29.1 Å². The van der Waals surface area contributed by atoms with Crippen molar-refractivity contribution in [1.29, 1.82) is 0 Å². The molecular weight excluding hydrogens is 451 g/mol. The van der Waals surface area contributed by atoms with Gasteiger partial charge in [-0.1, -0.05) is 23.2 Å². The summed E-state index contributed by atoms with van der Waals surface area (Å²) in [6, 6.07) is 7.90. The second-order valence-electron chi connectivity index (χ2n) is 6.57. The number of amides is 1. The molecule has 0 fully saturated rings. The Hall–Kier alpha value is -2.29. The van der Waals surface area contributed by atoms with E-state index in [0.29, 0.717) is 16.8 Å². The van der Waals surface area contributed by atoms with Crippen LogP contribution in [0.5, 0.6) is 0 Å². The number of carbonyl (C=O) groups is 2. The molecule has 0 radical (unpaired) electrons. The highest BCUT2D eigenvalue weighted by Gasteiger charge is 2.31. The molecule has 2 aromatic rings. The first kappa shape index (κ1) is 24.0. The Morgan fingerprint density at radius 3 is 2.40 bits per heavy atom. The molecule has 2 aromatic carbocycles. The first-order chi connectivity index (χ1) is 14.0. The predicted molar refractivity (Wildman–Crippen MR) is 119 cm³/mol. The number of anilines is 2. The third-order valence-electron chi connectivity index (χ3n) is 4.23. The number of aryl methyl sites for hydroxylation is 1. The van der Waals surface area contributed by atoms with E-state index in [2.05, 4.69) is 5.32 Å². The van der Waals surface area contributed by atoms with Gasteiger partial charge in [0, 0.05) is 10.7 Å². The summed E-state index contributed by atoms with van der Waals surface area (Å²) in [5.41, 5.74) is 1.51. The summed E-state index contributed by atoms with van der Waals surface area (Å²) in [7, 11) is -3.86. The van der Waals surface area contributed by atoms with Crippen molar-refractivity contribution >= 4 is 56.5 Å². The minimum absolute atomic E-state index is 0.101. The van der Waals surface area contributed by atoms with E-state index in [1.807, 2.05) is 0 Å². The maximum absolute atomic E-state index is 12.9. The number of esters is 1. The van der Waals surface area contributed by atoms with Gasteiger partial charge in [-0.2, -0.15) is 0 Å². The zero-order valence-corrected chi connectivity index (χ0v) is 19.2. The van der Waals surface area contributed by atoms with Crippen LogP contribution in [0.4, 0.5) is 11.4 Å². The summed E-state index contributed by atoms with van der Waals surface area (Å²) in [5, 5.41) is 3.11. The molecular formula is C20H22Cl2N2O5S. The van der Waals surface area contributed by atoms with Gasteiger partial charge in [0.1, 0.15) is 6.04 Å². The summed E-state index contributed by atoms with van der Waals surface area (Å²) in [6.07, 6.45) is 0.980. The molecule has 30 heavy (non-hydrogen) atoms. The van der Waals surface area contributed by atoms with Gasteiger partial charge >= 0.3 is 5.97 Å². The Kier molecular flexibility index (Phi) is 7.74. The lowest BCUT2D eigenvalue weighted by molar-refractivity contribution is -0.116. The fourth-order valence-corrected chi connectivity index (χ4v) is 4.42. The van der Waals surface area contributed by atoms with Gasteiger partial charge in [-0.3, -0.25) is 9.10 Å². The number of hydrogen-bond donors (Lipinski definition) is 1. The van der Waals surface area contributed by atoms with Crippen molar-refractivity contribution in [3.63, 3.8) is 0 Å². The molecule has 1 N–H and O–H groups in total. The standard InChI is InChI=1S/C20H22Cl2N2O5S/c1-5-29-20(26)14-6-9-17(12(2)10-14)23-19(25)13(3)24(30(4,27)28)18-11-15(21)7-8-16(18)22/h6-11,13H,5H2,1-4H3,(H,23,25)/t13-/m1/s1. The van der Waals surface area contributed by atoms with Gasteiger partial charge in [0.15, 0.2) is 0 Å². The van der Waals surface area contributed by atoms with Crippen molar-refractivity contribution in [2.45, 2.75) is 26.8 Å². The fourth-order valence-electron chi connectivity index (χ4n) is 2.82. The number of halogens is 2. The zero-order chi connectivity index (χ0) is 22.6. The Bertz CT molecular complexity index is 1070. The first-order valence-corrected chi connectivity index (χ1v) is 11.6. The Labute approximate surface area is 186 Å². The lowest BCUT2D eigenvalue weighted by Gasteiger charge is -2.29. The highest BCUT2D eigenvalue weighted by atomic mass is 35.5. The van der Waals surface area contributed by atoms with Crippen molar-refractivity contribution in [3.8, 4) is 0 Å². The smallest absolute Gasteiger partial charge is 0.338 e. The number of ether oxygens (including phenoxy) is 1. The third kappa shape index (κ3) is 5.65. The van der Waals surface area contributed by atoms with Crippen molar-refractivity contribution in [3.05, 3.63) is 57.6 Å². The summed E-state index contributed by atoms with van der Waals surface area (Å²) < 4.78 is 30.7. The van der Waals surface area contributed by atoms with E-state index < -0.39 is 27.9 Å². The zero-order valence-electron chi connectivity index (χ0n) is 16.9. The quantitative estimate of drug-likeness (QED) is 0.607. The average Bonchev–Trinajstić information content (AvgIpc) is 2.65. The predicted octanol–water partition coefficient (Wildman–Crippen LogP) is 4.27. The molecule has 1 atom stereocenters. The maximum atomic E-state index is 12.9. The summed E-state index contributed by atoms with van der Waals surface area (Å²) >= 11 is 12.2. The maximum Gasteiger partial charge on any atom is 0.338 e. The van der Waals surface area contributed by atoms with Crippen molar-refractivity contribution in [1.82, 2.24) is 0 Å². The van der Waals surface area contributed by atoms with Crippen molar-refractivity contribution in [2.75, 3.05) is 22.5 Å². The Morgan fingerprint density at radius 2 is 1.83 bits per heavy atom. The van der Waals surface area contributed by atoms with E-state index in [9.17, 15) is 18.0 Å². The molecule has 0 aliphatic heterocycles. The first-order valence-electron chi connectivity index (χ1n) is 8.98. The minimum atomic E-state index is -3.86. The molecule has 0 aliphatic carbocycles. The lowest BCUT2D eigenvalue weighted by atomic mass is 10.1. The second-order valence-corrected chi connectivity index (χ2v) is 9.27. The van der Waals surface area contributed by atoms with Gasteiger partial charge < -0.3 is 10.1 Å². The SMILES string of the molecule is CCOC(=O)c1ccc(NC(=O)[C@@H](C)N(c2cc(Cl)ccc2Cl)S(C)(=O)=O)c(C)c1. The van der Waals surface area contributed by atoms with Crippen LogP contribution in [0.2, 0.25) is 10.0 Å². The number of benzene rings is 2. The van der Waals surface area contributed by atoms with E-state index in [4.69, 9.17) is 27.9 Å². The van der Waals surface area contributed by atoms with Crippen LogP contribution in [-0.2, 0) is 19.6 Å². The van der Waals surface area contributed by atoms with Crippen molar-refractivity contribution in [2.24, 2.45) is 0 Å². The molecule has 0 saturated carbocycles. The number of nitrogens with zero attached hydrogens (tertiary/aromatic N) is 1. The van der Waals surface area contributed by atoms with Crippen LogP contribution >= 0.6 is 23.2 Å². The number of rotatable bonds is 7. The van der Waals surface area contributed by atoms with Crippen LogP contribution in [0.3, 0.4) is 0 Å². The average molecular weight is 473 g/mol. The highest BCUT2D eigenvalue weighted by Crippen LogP contribution is 2.32. The van der Waals surface area contributed by atoms with Crippen LogP contribution < -0.4 is 9.62 Å². The van der Waals surface area contributed by atoms with Gasteiger partial charge in [-0.15, -0.1) is 0 Å². The van der Waals surface area contributed by atoms with Crippen LogP contribution in [0.15, 0.2) is 36.4 Å². The molecule has 0 spiro atoms. The van der Waals surface area contributed by atoms with Gasteiger partial charge in [0.2, 0.25) is 15.9 Å². The van der Waals surface area contributed by atoms with E-state index >= 15 is 0 Å². The highest BCUT2D eigenvalue weighted by molar-refractivity contribution is 7.92. The van der Waals surface area contributed by atoms with Gasteiger partial charge in [-0.25, -0.2) is 13.2 Å². The largest absolute Gasteiger partial charge is 0.462 e. The molecule has 0 aromatic heterocycles. The van der Waals surface area contributed by atoms with Crippen LogP contribution in [0.1, 0.15) is 29.8 Å². The van der Waals surface area contributed by atoms with Crippen LogP contribution in [0.25, 0.3) is 0 Å². The molecule has 2 rings (SSSR count). The topological polar surface area (TPSA) is 92.8 Å². The summed E-state index contributed by atoms with van der Waals surface area (Å²) in [4.78, 5) is 24.7. The number of hydrogen-bond acceptors (Lipinski definition) is 5. The molecule has 162 valence electrons. The number of sulfonamides is 1. The normalized spacial score (nSPS) is 12.2. The van der Waals surface area contributed by atoms with Crippen LogP contribution in [-0.4, -0.2) is 39.2 Å². The monoisotopic (exact) mass is 472 g/mol. The molecule has 7 nitrogen and oxygen atoms in total. The molecule has 0 aliphatic rings. The molecule has 1 amide bonds. The van der Waals surface area contributed by atoms with E-state index in [0.717, 1.165) is 10.6 Å². The summed E-state index contributed by atoms with van der Waals surface area (Å²) in [5.74, 6) is -1.05. The molecule has 0 unspecified atom stereocenters. The minimum Gasteiger partial charge on any atom is -0.462 e. The van der Waals surface area contributed by atoms with Crippen LogP contribution in [0, 0.1) is 6.92 Å². The molecule has 10 heteroatoms. The van der Waals surface area contributed by atoms with Crippen molar-refractivity contribution < 1.29 is 22.7 Å². The number of carbonyl (C=O) groups excluding carboxylic acids is 2. The summed E-state index contributed by atoms with van der Waals surface area (Å²) in [6.45, 7) is 5.11. The van der Waals surface area contributed by atoms with Gasteiger partial charge in [0.25, 0.3) is 0 Å². The Balaban J connectivity index is 2.32. The van der Waals surface area contributed by atoms with E-state index in [-0.39, 0.29) is 22.3 Å². The fraction of sp³-hybridized carbons (Fsp3) is 0.300. The molecule has 0 saturated heterocycles. The van der Waals surface area contributed by atoms with E-state index in [1.54, 1.807) is 26.0 Å². The lowest BCUT2D eigenvalue weighted by Crippen LogP contribution is -2.45. The second kappa shape index (κ2) is 9.68. The van der Waals surface area contributed by atoms with Gasteiger partial charge in [-0.05, 0) is 62.7 Å².